The molecule has 1 saturated carbocycles. The molecular weight excluding hydrogens is 264 g/mol. The van der Waals surface area contributed by atoms with Crippen molar-refractivity contribution in [2.75, 3.05) is 19.6 Å². The van der Waals surface area contributed by atoms with Crippen LogP contribution >= 0.6 is 0 Å². The van der Waals surface area contributed by atoms with Crippen molar-refractivity contribution in [2.45, 2.75) is 25.0 Å². The first-order valence-electron chi connectivity index (χ1n) is 7.98. The quantitative estimate of drug-likeness (QED) is 0.858. The third-order valence-electron chi connectivity index (χ3n) is 5.45. The molecule has 0 spiro atoms. The number of rotatable bonds is 2. The average Bonchev–Trinajstić information content (AvgIpc) is 3.04. The van der Waals surface area contributed by atoms with E-state index in [1.807, 2.05) is 6.07 Å². The SMILES string of the molecule is O=C(C1CC(O)C1)N1C[C@@H]2CNC[C@@H]2[C@H]1c1ccccc1. The molecular formula is C17H22N2O2. The van der Waals surface area contributed by atoms with Gasteiger partial charge in [-0.05, 0) is 24.3 Å². The zero-order valence-electron chi connectivity index (χ0n) is 12.1. The highest BCUT2D eigenvalue weighted by Gasteiger charge is 2.49. The van der Waals surface area contributed by atoms with E-state index in [1.54, 1.807) is 0 Å². The molecule has 4 nitrogen and oxygen atoms in total. The molecule has 4 rings (SSSR count). The molecule has 3 atom stereocenters. The van der Waals surface area contributed by atoms with E-state index in [0.717, 1.165) is 19.6 Å². The molecule has 1 amide bonds. The standard InChI is InChI=1S/C17H22N2O2/c20-14-6-12(7-14)17(21)19-10-13-8-18-9-15(13)16(19)11-4-2-1-3-5-11/h1-5,12-16,18,20H,6-10H2/t12?,13-,14?,15-,16+/m0/s1. The Hall–Kier alpha value is -1.39. The molecule has 3 aliphatic rings. The van der Waals surface area contributed by atoms with Crippen molar-refractivity contribution in [1.29, 1.82) is 0 Å². The lowest BCUT2D eigenvalue weighted by atomic mass is 9.81. The smallest absolute Gasteiger partial charge is 0.226 e. The topological polar surface area (TPSA) is 52.6 Å². The van der Waals surface area contributed by atoms with Gasteiger partial charge in [-0.15, -0.1) is 0 Å². The summed E-state index contributed by atoms with van der Waals surface area (Å²) in [4.78, 5) is 14.9. The normalized spacial score (nSPS) is 38.1. The summed E-state index contributed by atoms with van der Waals surface area (Å²) in [6.45, 7) is 2.88. The summed E-state index contributed by atoms with van der Waals surface area (Å²) in [6.07, 6.45) is 1.02. The van der Waals surface area contributed by atoms with Crippen LogP contribution in [0, 0.1) is 17.8 Å². The number of nitrogens with one attached hydrogen (secondary N) is 1. The monoisotopic (exact) mass is 286 g/mol. The van der Waals surface area contributed by atoms with Crippen LogP contribution in [0.15, 0.2) is 30.3 Å². The van der Waals surface area contributed by atoms with Gasteiger partial charge in [0.25, 0.3) is 0 Å². The third-order valence-corrected chi connectivity index (χ3v) is 5.45. The second kappa shape index (κ2) is 5.11. The zero-order valence-corrected chi connectivity index (χ0v) is 12.1. The van der Waals surface area contributed by atoms with Crippen LogP contribution in [0.3, 0.4) is 0 Å². The maximum absolute atomic E-state index is 12.8. The zero-order chi connectivity index (χ0) is 14.4. The van der Waals surface area contributed by atoms with Crippen molar-refractivity contribution in [3.05, 3.63) is 35.9 Å². The van der Waals surface area contributed by atoms with Crippen molar-refractivity contribution < 1.29 is 9.90 Å². The Kier molecular flexibility index (Phi) is 3.23. The van der Waals surface area contributed by atoms with Crippen LogP contribution in [-0.2, 0) is 4.79 Å². The minimum atomic E-state index is -0.266. The predicted molar refractivity (Wildman–Crippen MR) is 79.5 cm³/mol. The Morgan fingerprint density at radius 3 is 2.67 bits per heavy atom. The highest BCUT2D eigenvalue weighted by atomic mass is 16.3. The molecule has 21 heavy (non-hydrogen) atoms. The van der Waals surface area contributed by atoms with Crippen molar-refractivity contribution in [2.24, 2.45) is 17.8 Å². The number of carbonyl (C=O) groups is 1. The fraction of sp³-hybridized carbons (Fsp3) is 0.588. The summed E-state index contributed by atoms with van der Waals surface area (Å²) >= 11 is 0. The Bertz CT molecular complexity index is 527. The molecule has 0 radical (unpaired) electrons. The van der Waals surface area contributed by atoms with E-state index in [9.17, 15) is 9.90 Å². The Morgan fingerprint density at radius 1 is 1.19 bits per heavy atom. The van der Waals surface area contributed by atoms with Crippen molar-refractivity contribution in [3.8, 4) is 0 Å². The molecule has 112 valence electrons. The van der Waals surface area contributed by atoms with Crippen LogP contribution in [0.4, 0.5) is 0 Å². The summed E-state index contributed by atoms with van der Waals surface area (Å²) in [5.74, 6) is 1.40. The van der Waals surface area contributed by atoms with Gasteiger partial charge in [-0.3, -0.25) is 4.79 Å². The van der Waals surface area contributed by atoms with Crippen LogP contribution in [0.2, 0.25) is 0 Å². The van der Waals surface area contributed by atoms with Crippen molar-refractivity contribution in [1.82, 2.24) is 10.2 Å². The molecule has 0 bridgehead atoms. The maximum atomic E-state index is 12.8. The fourth-order valence-corrected chi connectivity index (χ4v) is 4.25. The minimum absolute atomic E-state index is 0.0398. The van der Waals surface area contributed by atoms with E-state index in [4.69, 9.17) is 0 Å². The molecule has 1 aromatic carbocycles. The van der Waals surface area contributed by atoms with E-state index in [-0.39, 0.29) is 24.0 Å². The van der Waals surface area contributed by atoms with E-state index in [1.165, 1.54) is 5.56 Å². The number of hydrogen-bond acceptors (Lipinski definition) is 3. The number of benzene rings is 1. The van der Waals surface area contributed by atoms with Crippen LogP contribution < -0.4 is 5.32 Å². The van der Waals surface area contributed by atoms with Gasteiger partial charge in [0, 0.05) is 31.5 Å². The lowest BCUT2D eigenvalue weighted by molar-refractivity contribution is -0.143. The molecule has 2 saturated heterocycles. The second-order valence-corrected chi connectivity index (χ2v) is 6.75. The van der Waals surface area contributed by atoms with Gasteiger partial charge < -0.3 is 15.3 Å². The highest BCUT2D eigenvalue weighted by molar-refractivity contribution is 5.80. The lowest BCUT2D eigenvalue weighted by Gasteiger charge is -2.37. The fourth-order valence-electron chi connectivity index (χ4n) is 4.25. The number of carbonyl (C=O) groups excluding carboxylic acids is 1. The molecule has 0 aromatic heterocycles. The molecule has 1 aliphatic carbocycles. The molecule has 1 aromatic rings. The molecule has 3 fully saturated rings. The Labute approximate surface area is 125 Å². The van der Waals surface area contributed by atoms with E-state index in [0.29, 0.717) is 24.7 Å². The molecule has 2 heterocycles. The minimum Gasteiger partial charge on any atom is -0.393 e. The van der Waals surface area contributed by atoms with Gasteiger partial charge in [0.05, 0.1) is 12.1 Å². The summed E-state index contributed by atoms with van der Waals surface area (Å²) in [7, 11) is 0. The molecule has 2 N–H and O–H groups in total. The van der Waals surface area contributed by atoms with Gasteiger partial charge in [-0.1, -0.05) is 30.3 Å². The van der Waals surface area contributed by atoms with Gasteiger partial charge >= 0.3 is 0 Å². The number of aliphatic hydroxyl groups is 1. The second-order valence-electron chi connectivity index (χ2n) is 6.75. The van der Waals surface area contributed by atoms with E-state index in [2.05, 4.69) is 34.5 Å². The average molecular weight is 286 g/mol. The number of fused-ring (bicyclic) bond motifs is 1. The van der Waals surface area contributed by atoms with Crippen LogP contribution in [0.1, 0.15) is 24.4 Å². The number of hydrogen-bond donors (Lipinski definition) is 2. The molecule has 0 unspecified atom stereocenters. The number of amides is 1. The number of likely N-dealkylation sites (tertiary alicyclic amines) is 1. The lowest BCUT2D eigenvalue weighted by Crippen LogP contribution is -2.44. The molecule has 4 heteroatoms. The third kappa shape index (κ3) is 2.17. The van der Waals surface area contributed by atoms with Gasteiger partial charge in [0.1, 0.15) is 0 Å². The van der Waals surface area contributed by atoms with E-state index < -0.39 is 0 Å². The first kappa shape index (κ1) is 13.3. The summed E-state index contributed by atoms with van der Waals surface area (Å²) in [5, 5.41) is 12.9. The van der Waals surface area contributed by atoms with Gasteiger partial charge in [-0.2, -0.15) is 0 Å². The Morgan fingerprint density at radius 2 is 1.95 bits per heavy atom. The van der Waals surface area contributed by atoms with Crippen molar-refractivity contribution >= 4 is 5.91 Å². The van der Waals surface area contributed by atoms with Crippen molar-refractivity contribution in [3.63, 3.8) is 0 Å². The van der Waals surface area contributed by atoms with Crippen LogP contribution in [0.5, 0.6) is 0 Å². The summed E-state index contributed by atoms with van der Waals surface area (Å²) in [6, 6.07) is 10.6. The maximum Gasteiger partial charge on any atom is 0.226 e. The summed E-state index contributed by atoms with van der Waals surface area (Å²) < 4.78 is 0. The predicted octanol–water partition coefficient (Wildman–Crippen LogP) is 1.18. The first-order valence-corrected chi connectivity index (χ1v) is 7.98. The highest BCUT2D eigenvalue weighted by Crippen LogP contribution is 2.44. The number of aliphatic hydroxyl groups excluding tert-OH is 1. The van der Waals surface area contributed by atoms with Gasteiger partial charge in [-0.25, -0.2) is 0 Å². The van der Waals surface area contributed by atoms with Gasteiger partial charge in [0.2, 0.25) is 5.91 Å². The molecule has 2 aliphatic heterocycles. The van der Waals surface area contributed by atoms with Crippen LogP contribution in [-0.4, -0.2) is 41.7 Å². The first-order chi connectivity index (χ1) is 10.2. The van der Waals surface area contributed by atoms with E-state index >= 15 is 0 Å². The van der Waals surface area contributed by atoms with Gasteiger partial charge in [0.15, 0.2) is 0 Å². The van der Waals surface area contributed by atoms with Crippen LogP contribution in [0.25, 0.3) is 0 Å². The summed E-state index contributed by atoms with van der Waals surface area (Å²) in [5.41, 5.74) is 1.25. The largest absolute Gasteiger partial charge is 0.393 e. The Balaban J connectivity index is 1.61. The number of nitrogens with zero attached hydrogens (tertiary/aromatic N) is 1.